The first-order valence-corrected chi connectivity index (χ1v) is 7.94. The highest BCUT2D eigenvalue weighted by Gasteiger charge is 2.05. The number of ether oxygens (including phenoxy) is 2. The number of rotatable bonds is 7. The lowest BCUT2D eigenvalue weighted by Crippen LogP contribution is -2.37. The Bertz CT molecular complexity index is 686. The van der Waals surface area contributed by atoms with Crippen LogP contribution in [-0.2, 0) is 6.54 Å². The number of methoxy groups -OCH3 is 1. The molecule has 2 rings (SSSR count). The van der Waals surface area contributed by atoms with Crippen molar-refractivity contribution in [1.29, 1.82) is 0 Å². The van der Waals surface area contributed by atoms with Crippen molar-refractivity contribution in [1.82, 2.24) is 10.6 Å². The number of nitrogens with one attached hydrogen (secondary N) is 2. The Balaban J connectivity index is 1.71. The summed E-state index contributed by atoms with van der Waals surface area (Å²) in [6.07, 6.45) is 0. The van der Waals surface area contributed by atoms with E-state index in [1.807, 2.05) is 56.3 Å². The Morgan fingerprint density at radius 3 is 2.54 bits per heavy atom. The monoisotopic (exact) mass is 328 g/mol. The van der Waals surface area contributed by atoms with Gasteiger partial charge in [0.15, 0.2) is 0 Å². The van der Waals surface area contributed by atoms with E-state index in [9.17, 15) is 4.79 Å². The average Bonchev–Trinajstić information content (AvgIpc) is 2.60. The van der Waals surface area contributed by atoms with E-state index >= 15 is 0 Å². The molecule has 2 aromatic rings. The zero-order valence-corrected chi connectivity index (χ0v) is 14.4. The number of urea groups is 1. The zero-order valence-electron chi connectivity index (χ0n) is 14.4. The number of amides is 2. The van der Waals surface area contributed by atoms with Crippen molar-refractivity contribution in [2.75, 3.05) is 20.3 Å². The minimum atomic E-state index is -0.231. The molecule has 0 heterocycles. The first-order valence-electron chi connectivity index (χ1n) is 7.94. The molecule has 0 aliphatic heterocycles. The minimum absolute atomic E-state index is 0.231. The SMILES string of the molecule is COc1ccccc1CNC(=O)NCCOc1cccc(C)c1C. The van der Waals surface area contributed by atoms with Crippen molar-refractivity contribution in [2.24, 2.45) is 0 Å². The van der Waals surface area contributed by atoms with Gasteiger partial charge in [-0.15, -0.1) is 0 Å². The van der Waals surface area contributed by atoms with Crippen LogP contribution in [0, 0.1) is 13.8 Å². The van der Waals surface area contributed by atoms with E-state index in [4.69, 9.17) is 9.47 Å². The molecule has 0 spiro atoms. The normalized spacial score (nSPS) is 10.1. The van der Waals surface area contributed by atoms with Crippen LogP contribution in [0.25, 0.3) is 0 Å². The highest BCUT2D eigenvalue weighted by atomic mass is 16.5. The van der Waals surface area contributed by atoms with Crippen molar-refractivity contribution >= 4 is 6.03 Å². The molecule has 5 heteroatoms. The third-order valence-electron chi connectivity index (χ3n) is 3.83. The molecule has 0 unspecified atom stereocenters. The molecule has 0 bridgehead atoms. The van der Waals surface area contributed by atoms with Gasteiger partial charge >= 0.3 is 6.03 Å². The molecule has 2 N–H and O–H groups in total. The van der Waals surface area contributed by atoms with Crippen LogP contribution in [0.4, 0.5) is 4.79 Å². The van der Waals surface area contributed by atoms with Crippen LogP contribution in [0.5, 0.6) is 11.5 Å². The lowest BCUT2D eigenvalue weighted by Gasteiger charge is -2.12. The van der Waals surface area contributed by atoms with Gasteiger partial charge in [0.2, 0.25) is 0 Å². The smallest absolute Gasteiger partial charge is 0.315 e. The molecule has 5 nitrogen and oxygen atoms in total. The van der Waals surface area contributed by atoms with Crippen molar-refractivity contribution in [2.45, 2.75) is 20.4 Å². The molecule has 0 aliphatic carbocycles. The fourth-order valence-electron chi connectivity index (χ4n) is 2.29. The number of aryl methyl sites for hydroxylation is 1. The first kappa shape index (κ1) is 17.7. The topological polar surface area (TPSA) is 59.6 Å². The summed E-state index contributed by atoms with van der Waals surface area (Å²) in [5, 5.41) is 5.59. The molecule has 0 atom stereocenters. The largest absolute Gasteiger partial charge is 0.496 e. The van der Waals surface area contributed by atoms with Gasteiger partial charge in [0.1, 0.15) is 18.1 Å². The van der Waals surface area contributed by atoms with E-state index in [1.54, 1.807) is 7.11 Å². The highest BCUT2D eigenvalue weighted by Crippen LogP contribution is 2.20. The van der Waals surface area contributed by atoms with Gasteiger partial charge in [-0.3, -0.25) is 0 Å². The molecular weight excluding hydrogens is 304 g/mol. The van der Waals surface area contributed by atoms with Crippen molar-refractivity contribution < 1.29 is 14.3 Å². The molecular formula is C19H24N2O3. The maximum Gasteiger partial charge on any atom is 0.315 e. The zero-order chi connectivity index (χ0) is 17.4. The second-order valence-corrected chi connectivity index (χ2v) is 5.47. The average molecular weight is 328 g/mol. The number of benzene rings is 2. The van der Waals surface area contributed by atoms with E-state index in [2.05, 4.69) is 10.6 Å². The Kier molecular flexibility index (Phi) is 6.49. The number of carbonyl (C=O) groups is 1. The van der Waals surface area contributed by atoms with Crippen molar-refractivity contribution in [3.8, 4) is 11.5 Å². The summed E-state index contributed by atoms with van der Waals surface area (Å²) in [5.41, 5.74) is 3.25. The van der Waals surface area contributed by atoms with Crippen molar-refractivity contribution in [3.63, 3.8) is 0 Å². The molecule has 2 amide bonds. The number of hydrogen-bond acceptors (Lipinski definition) is 3. The summed E-state index contributed by atoms with van der Waals surface area (Å²) < 4.78 is 11.0. The van der Waals surface area contributed by atoms with Gasteiger partial charge in [-0.05, 0) is 37.1 Å². The summed E-state index contributed by atoms with van der Waals surface area (Å²) in [7, 11) is 1.61. The van der Waals surface area contributed by atoms with E-state index in [0.717, 1.165) is 22.6 Å². The summed E-state index contributed by atoms with van der Waals surface area (Å²) in [6, 6.07) is 13.3. The molecule has 0 saturated carbocycles. The van der Waals surface area contributed by atoms with E-state index in [1.165, 1.54) is 5.56 Å². The van der Waals surface area contributed by atoms with Crippen LogP contribution in [0.3, 0.4) is 0 Å². The van der Waals surface area contributed by atoms with Crippen LogP contribution in [0.2, 0.25) is 0 Å². The first-order chi connectivity index (χ1) is 11.6. The molecule has 0 aromatic heterocycles. The molecule has 0 radical (unpaired) electrons. The molecule has 128 valence electrons. The third-order valence-corrected chi connectivity index (χ3v) is 3.83. The second-order valence-electron chi connectivity index (χ2n) is 5.47. The summed E-state index contributed by atoms with van der Waals surface area (Å²) in [6.45, 7) is 5.34. The van der Waals surface area contributed by atoms with Crippen LogP contribution < -0.4 is 20.1 Å². The van der Waals surface area contributed by atoms with Crippen molar-refractivity contribution in [3.05, 3.63) is 59.2 Å². The summed E-state index contributed by atoms with van der Waals surface area (Å²) in [5.74, 6) is 1.61. The predicted octanol–water partition coefficient (Wildman–Crippen LogP) is 3.19. The van der Waals surface area contributed by atoms with E-state index in [0.29, 0.717) is 19.7 Å². The van der Waals surface area contributed by atoms with Crippen LogP contribution in [0.1, 0.15) is 16.7 Å². The van der Waals surface area contributed by atoms with E-state index < -0.39 is 0 Å². The maximum absolute atomic E-state index is 11.8. The Morgan fingerprint density at radius 1 is 1.00 bits per heavy atom. The van der Waals surface area contributed by atoms with Gasteiger partial charge < -0.3 is 20.1 Å². The minimum Gasteiger partial charge on any atom is -0.496 e. The molecule has 0 saturated heterocycles. The van der Waals surface area contributed by atoms with Crippen LogP contribution in [-0.4, -0.2) is 26.3 Å². The van der Waals surface area contributed by atoms with Gasteiger partial charge in [-0.1, -0.05) is 30.3 Å². The maximum atomic E-state index is 11.8. The number of hydrogen-bond donors (Lipinski definition) is 2. The summed E-state index contributed by atoms with van der Waals surface area (Å²) in [4.78, 5) is 11.8. The lowest BCUT2D eigenvalue weighted by molar-refractivity contribution is 0.236. The predicted molar refractivity (Wildman–Crippen MR) is 94.6 cm³/mol. The molecule has 2 aromatic carbocycles. The summed E-state index contributed by atoms with van der Waals surface area (Å²) >= 11 is 0. The van der Waals surface area contributed by atoms with Crippen LogP contribution >= 0.6 is 0 Å². The van der Waals surface area contributed by atoms with Gasteiger partial charge in [-0.25, -0.2) is 4.79 Å². The molecule has 24 heavy (non-hydrogen) atoms. The fraction of sp³-hybridized carbons (Fsp3) is 0.316. The molecule has 0 fully saturated rings. The number of para-hydroxylation sites is 1. The number of carbonyl (C=O) groups excluding carboxylic acids is 1. The Hall–Kier alpha value is -2.69. The molecule has 0 aliphatic rings. The van der Waals surface area contributed by atoms with E-state index in [-0.39, 0.29) is 6.03 Å². The Morgan fingerprint density at radius 2 is 1.75 bits per heavy atom. The lowest BCUT2D eigenvalue weighted by atomic mass is 10.1. The Labute approximate surface area is 143 Å². The second kappa shape index (κ2) is 8.82. The fourth-order valence-corrected chi connectivity index (χ4v) is 2.29. The van der Waals surface area contributed by atoms with Gasteiger partial charge in [0, 0.05) is 12.1 Å². The third kappa shape index (κ3) is 4.91. The quantitative estimate of drug-likeness (QED) is 0.768. The van der Waals surface area contributed by atoms with Crippen LogP contribution in [0.15, 0.2) is 42.5 Å². The van der Waals surface area contributed by atoms with Gasteiger partial charge in [0.25, 0.3) is 0 Å². The van der Waals surface area contributed by atoms with Gasteiger partial charge in [0.05, 0.1) is 13.7 Å². The standard InChI is InChI=1S/C19H24N2O3/c1-14-7-6-10-17(15(14)2)24-12-11-20-19(22)21-13-16-8-4-5-9-18(16)23-3/h4-10H,11-13H2,1-3H3,(H2,20,21,22). The highest BCUT2D eigenvalue weighted by molar-refractivity contribution is 5.73. The van der Waals surface area contributed by atoms with Gasteiger partial charge in [-0.2, -0.15) is 0 Å².